The minimum Gasteiger partial charge on any atom is -0.320 e. The average molecular weight is 389 g/mol. The van der Waals surface area contributed by atoms with Gasteiger partial charge >= 0.3 is 0 Å². The van der Waals surface area contributed by atoms with E-state index in [2.05, 4.69) is 10.6 Å². The molecule has 0 bridgehead atoms. The van der Waals surface area contributed by atoms with Crippen LogP contribution in [-0.4, -0.2) is 11.8 Å². The Hall–Kier alpha value is -2.70. The third-order valence-electron chi connectivity index (χ3n) is 3.59. The molecule has 0 saturated carbocycles. The summed E-state index contributed by atoms with van der Waals surface area (Å²) in [6, 6.07) is 12.4. The van der Waals surface area contributed by atoms with Gasteiger partial charge in [-0.25, -0.2) is 4.39 Å². The molecule has 0 radical (unpaired) electrons. The second-order valence-corrected chi connectivity index (χ2v) is 6.92. The molecule has 2 N–H and O–H groups in total. The molecule has 4 nitrogen and oxygen atoms in total. The van der Waals surface area contributed by atoms with Crippen molar-refractivity contribution in [3.05, 3.63) is 80.8 Å². The SMILES string of the molecule is Cc1ccc(F)c(NC(=O)c2ccc(Cl)c(NC(=O)c3cccs3)c2)c1. The predicted octanol–water partition coefficient (Wildman–Crippen LogP) is 5.35. The summed E-state index contributed by atoms with van der Waals surface area (Å²) in [5.74, 6) is -1.34. The van der Waals surface area contributed by atoms with E-state index < -0.39 is 11.7 Å². The summed E-state index contributed by atoms with van der Waals surface area (Å²) in [5.41, 5.74) is 1.47. The molecule has 0 atom stereocenters. The molecule has 1 heterocycles. The number of rotatable bonds is 4. The third kappa shape index (κ3) is 4.09. The highest BCUT2D eigenvalue weighted by Crippen LogP contribution is 2.25. The molecule has 26 heavy (non-hydrogen) atoms. The first kappa shape index (κ1) is 18.1. The maximum Gasteiger partial charge on any atom is 0.265 e. The van der Waals surface area contributed by atoms with Gasteiger partial charge in [0.1, 0.15) is 5.82 Å². The first-order valence-corrected chi connectivity index (χ1v) is 8.92. The van der Waals surface area contributed by atoms with Crippen molar-refractivity contribution in [1.82, 2.24) is 0 Å². The van der Waals surface area contributed by atoms with Crippen LogP contribution in [0.2, 0.25) is 5.02 Å². The van der Waals surface area contributed by atoms with Gasteiger partial charge < -0.3 is 10.6 Å². The summed E-state index contributed by atoms with van der Waals surface area (Å²) < 4.78 is 13.8. The number of carbonyl (C=O) groups excluding carboxylic acids is 2. The second-order valence-electron chi connectivity index (χ2n) is 5.56. The highest BCUT2D eigenvalue weighted by atomic mass is 35.5. The Morgan fingerprint density at radius 3 is 2.50 bits per heavy atom. The van der Waals surface area contributed by atoms with E-state index in [0.29, 0.717) is 15.6 Å². The number of nitrogens with one attached hydrogen (secondary N) is 2. The molecule has 3 rings (SSSR count). The number of anilines is 2. The van der Waals surface area contributed by atoms with E-state index in [1.165, 1.54) is 35.6 Å². The summed E-state index contributed by atoms with van der Waals surface area (Å²) in [6.07, 6.45) is 0. The molecular weight excluding hydrogens is 375 g/mol. The zero-order valence-corrected chi connectivity index (χ0v) is 15.2. The van der Waals surface area contributed by atoms with E-state index in [4.69, 9.17) is 11.6 Å². The van der Waals surface area contributed by atoms with E-state index in [9.17, 15) is 14.0 Å². The number of benzene rings is 2. The summed E-state index contributed by atoms with van der Waals surface area (Å²) in [6.45, 7) is 1.80. The third-order valence-corrected chi connectivity index (χ3v) is 4.79. The van der Waals surface area contributed by atoms with Gasteiger partial charge in [-0.1, -0.05) is 23.7 Å². The quantitative estimate of drug-likeness (QED) is 0.632. The number of hydrogen-bond acceptors (Lipinski definition) is 3. The van der Waals surface area contributed by atoms with Crippen molar-refractivity contribution in [1.29, 1.82) is 0 Å². The fourth-order valence-corrected chi connectivity index (χ4v) is 3.07. The lowest BCUT2D eigenvalue weighted by Gasteiger charge is -2.10. The van der Waals surface area contributed by atoms with Crippen LogP contribution in [0, 0.1) is 12.7 Å². The fraction of sp³-hybridized carbons (Fsp3) is 0.0526. The highest BCUT2D eigenvalue weighted by Gasteiger charge is 2.14. The summed E-state index contributed by atoms with van der Waals surface area (Å²) in [4.78, 5) is 25.1. The monoisotopic (exact) mass is 388 g/mol. The molecule has 0 aliphatic rings. The number of hydrogen-bond donors (Lipinski definition) is 2. The van der Waals surface area contributed by atoms with Gasteiger partial charge in [0.2, 0.25) is 0 Å². The smallest absolute Gasteiger partial charge is 0.265 e. The van der Waals surface area contributed by atoms with E-state index in [1.54, 1.807) is 36.6 Å². The van der Waals surface area contributed by atoms with Crippen LogP contribution in [0.4, 0.5) is 15.8 Å². The van der Waals surface area contributed by atoms with Gasteiger partial charge in [0.15, 0.2) is 0 Å². The van der Waals surface area contributed by atoms with Crippen LogP contribution in [0.15, 0.2) is 53.9 Å². The summed E-state index contributed by atoms with van der Waals surface area (Å²) in [5, 5.41) is 7.29. The lowest BCUT2D eigenvalue weighted by Crippen LogP contribution is -2.15. The number of aryl methyl sites for hydroxylation is 1. The van der Waals surface area contributed by atoms with E-state index >= 15 is 0 Å². The van der Waals surface area contributed by atoms with Gasteiger partial charge in [-0.05, 0) is 54.3 Å². The van der Waals surface area contributed by atoms with Crippen LogP contribution in [0.1, 0.15) is 25.6 Å². The molecule has 3 aromatic rings. The Morgan fingerprint density at radius 2 is 1.77 bits per heavy atom. The Labute approximate surface area is 158 Å². The Morgan fingerprint density at radius 1 is 1.00 bits per heavy atom. The van der Waals surface area contributed by atoms with Gasteiger partial charge in [0, 0.05) is 5.56 Å². The molecule has 0 fully saturated rings. The van der Waals surface area contributed by atoms with Crippen molar-refractivity contribution < 1.29 is 14.0 Å². The first-order valence-electron chi connectivity index (χ1n) is 7.66. The molecule has 0 aliphatic carbocycles. The number of amides is 2. The van der Waals surface area contributed by atoms with Crippen LogP contribution in [0.25, 0.3) is 0 Å². The van der Waals surface area contributed by atoms with Crippen molar-refractivity contribution in [2.24, 2.45) is 0 Å². The zero-order chi connectivity index (χ0) is 18.7. The molecule has 1 aromatic heterocycles. The molecule has 0 unspecified atom stereocenters. The molecule has 0 spiro atoms. The standard InChI is InChI=1S/C19H14ClFN2O2S/c1-11-4-7-14(21)16(9-11)23-18(24)12-5-6-13(20)15(10-12)22-19(25)17-3-2-8-26-17/h2-10H,1H3,(H,22,25)(H,23,24). The van der Waals surface area contributed by atoms with Crippen LogP contribution in [0.3, 0.4) is 0 Å². The topological polar surface area (TPSA) is 58.2 Å². The van der Waals surface area contributed by atoms with Crippen LogP contribution in [-0.2, 0) is 0 Å². The van der Waals surface area contributed by atoms with Crippen LogP contribution >= 0.6 is 22.9 Å². The lowest BCUT2D eigenvalue weighted by atomic mass is 10.1. The molecule has 2 aromatic carbocycles. The largest absolute Gasteiger partial charge is 0.320 e. The van der Waals surface area contributed by atoms with E-state index in [1.807, 2.05) is 0 Å². The van der Waals surface area contributed by atoms with Crippen molar-refractivity contribution >= 4 is 46.1 Å². The lowest BCUT2D eigenvalue weighted by molar-refractivity contribution is 0.101. The molecular formula is C19H14ClFN2O2S. The van der Waals surface area contributed by atoms with Crippen LogP contribution in [0.5, 0.6) is 0 Å². The van der Waals surface area contributed by atoms with Crippen molar-refractivity contribution in [3.8, 4) is 0 Å². The Balaban J connectivity index is 1.81. The molecule has 132 valence electrons. The predicted molar refractivity (Wildman–Crippen MR) is 103 cm³/mol. The number of carbonyl (C=O) groups is 2. The Kier molecular flexibility index (Phi) is 5.35. The first-order chi connectivity index (χ1) is 12.4. The zero-order valence-electron chi connectivity index (χ0n) is 13.7. The highest BCUT2D eigenvalue weighted by molar-refractivity contribution is 7.12. The van der Waals surface area contributed by atoms with Crippen molar-refractivity contribution in [2.75, 3.05) is 10.6 Å². The molecule has 0 aliphatic heterocycles. The molecule has 7 heteroatoms. The maximum atomic E-state index is 13.8. The average Bonchev–Trinajstić information content (AvgIpc) is 3.14. The van der Waals surface area contributed by atoms with Gasteiger partial charge in [-0.15, -0.1) is 11.3 Å². The van der Waals surface area contributed by atoms with E-state index in [-0.39, 0.29) is 17.2 Å². The summed E-state index contributed by atoms with van der Waals surface area (Å²) >= 11 is 7.40. The minimum atomic E-state index is -0.524. The van der Waals surface area contributed by atoms with E-state index in [0.717, 1.165) is 5.56 Å². The summed E-state index contributed by atoms with van der Waals surface area (Å²) in [7, 11) is 0. The normalized spacial score (nSPS) is 10.4. The number of thiophene rings is 1. The molecule has 0 saturated heterocycles. The number of halogens is 2. The Bertz CT molecular complexity index is 974. The van der Waals surface area contributed by atoms with Gasteiger partial charge in [-0.2, -0.15) is 0 Å². The van der Waals surface area contributed by atoms with Gasteiger partial charge in [0.25, 0.3) is 11.8 Å². The minimum absolute atomic E-state index is 0.0918. The van der Waals surface area contributed by atoms with Gasteiger partial charge in [0.05, 0.1) is 21.3 Å². The second kappa shape index (κ2) is 7.68. The maximum absolute atomic E-state index is 13.8. The molecule has 2 amide bonds. The van der Waals surface area contributed by atoms with Gasteiger partial charge in [-0.3, -0.25) is 9.59 Å². The van der Waals surface area contributed by atoms with Crippen molar-refractivity contribution in [2.45, 2.75) is 6.92 Å². The van der Waals surface area contributed by atoms with Crippen molar-refractivity contribution in [3.63, 3.8) is 0 Å². The fourth-order valence-electron chi connectivity index (χ4n) is 2.28. The van der Waals surface area contributed by atoms with Crippen LogP contribution < -0.4 is 10.6 Å².